The van der Waals surface area contributed by atoms with Crippen LogP contribution in [0.5, 0.6) is 5.75 Å². The summed E-state index contributed by atoms with van der Waals surface area (Å²) in [6.45, 7) is 7.07. The molecule has 1 aromatic rings. The van der Waals surface area contributed by atoms with Gasteiger partial charge >= 0.3 is 0 Å². The van der Waals surface area contributed by atoms with Crippen molar-refractivity contribution in [1.82, 2.24) is 10.2 Å². The molecule has 1 saturated carbocycles. The quantitative estimate of drug-likeness (QED) is 0.557. The van der Waals surface area contributed by atoms with Crippen molar-refractivity contribution >= 4 is 0 Å². The molecule has 2 bridgehead atoms. The Morgan fingerprint density at radius 3 is 2.52 bits per heavy atom. The van der Waals surface area contributed by atoms with Crippen LogP contribution in [0.1, 0.15) is 38.3 Å². The standard InChI is InChI=1S/C24H38N2O3/c1-24(2)19-9-6-18(22(24)12-19)15-29-16-20(27)13-25-14-23(26(3)4)17-7-10-21(28-5)11-8-17/h6-8,10-11,19-20,22-23,25,27H,9,12-16H2,1-5H3/t19-,20-,22+,23+/m0/s1. The molecule has 0 aliphatic heterocycles. The van der Waals surface area contributed by atoms with Crippen LogP contribution in [0.3, 0.4) is 0 Å². The number of aliphatic hydroxyl groups is 1. The Labute approximate surface area is 176 Å². The van der Waals surface area contributed by atoms with Gasteiger partial charge in [-0.2, -0.15) is 0 Å². The van der Waals surface area contributed by atoms with Gasteiger partial charge < -0.3 is 24.8 Å². The van der Waals surface area contributed by atoms with Crippen molar-refractivity contribution in [3.05, 3.63) is 41.5 Å². The molecule has 2 N–H and O–H groups in total. The number of likely N-dealkylation sites (N-methyl/N-ethyl adjacent to an activating group) is 1. The number of allylic oxidation sites excluding steroid dienone is 1. The van der Waals surface area contributed by atoms with Crippen LogP contribution in [0.25, 0.3) is 0 Å². The highest BCUT2D eigenvalue weighted by atomic mass is 16.5. The fourth-order valence-electron chi connectivity index (χ4n) is 4.82. The maximum atomic E-state index is 10.3. The largest absolute Gasteiger partial charge is 0.497 e. The number of ether oxygens (including phenoxy) is 2. The van der Waals surface area contributed by atoms with E-state index in [9.17, 15) is 5.11 Å². The molecule has 3 aliphatic rings. The van der Waals surface area contributed by atoms with Crippen molar-refractivity contribution in [1.29, 1.82) is 0 Å². The Morgan fingerprint density at radius 2 is 1.93 bits per heavy atom. The number of nitrogens with one attached hydrogen (secondary N) is 1. The van der Waals surface area contributed by atoms with E-state index < -0.39 is 6.10 Å². The van der Waals surface area contributed by atoms with Gasteiger partial charge in [-0.3, -0.25) is 0 Å². The lowest BCUT2D eigenvalue weighted by Crippen LogP contribution is -2.48. The van der Waals surface area contributed by atoms with Crippen molar-refractivity contribution in [3.63, 3.8) is 0 Å². The average Bonchev–Trinajstić information content (AvgIpc) is 2.71. The Bertz CT molecular complexity index is 684. The highest BCUT2D eigenvalue weighted by Gasteiger charge is 2.50. The van der Waals surface area contributed by atoms with E-state index in [1.54, 1.807) is 7.11 Å². The SMILES string of the molecule is COc1ccc([C@@H](CNC[C@H](O)COCC2=CC[C@H]3C[C@H]2C3(C)C)N(C)C)cc1. The van der Waals surface area contributed by atoms with Gasteiger partial charge in [-0.05, 0) is 67.5 Å². The molecule has 0 unspecified atom stereocenters. The van der Waals surface area contributed by atoms with E-state index in [0.717, 1.165) is 18.2 Å². The van der Waals surface area contributed by atoms with Crippen molar-refractivity contribution < 1.29 is 14.6 Å². The minimum Gasteiger partial charge on any atom is -0.497 e. The number of nitrogens with zero attached hydrogens (tertiary/aromatic N) is 1. The van der Waals surface area contributed by atoms with Crippen LogP contribution in [0.4, 0.5) is 0 Å². The monoisotopic (exact) mass is 402 g/mol. The summed E-state index contributed by atoms with van der Waals surface area (Å²) < 4.78 is 11.1. The summed E-state index contributed by atoms with van der Waals surface area (Å²) in [5, 5.41) is 13.7. The van der Waals surface area contributed by atoms with Crippen LogP contribution >= 0.6 is 0 Å². The third-order valence-corrected chi connectivity index (χ3v) is 7.00. The molecule has 5 heteroatoms. The van der Waals surface area contributed by atoms with Crippen LogP contribution in [0.2, 0.25) is 0 Å². The number of benzene rings is 1. The second-order valence-corrected chi connectivity index (χ2v) is 9.40. The van der Waals surface area contributed by atoms with Gasteiger partial charge in [0.1, 0.15) is 5.75 Å². The van der Waals surface area contributed by atoms with Gasteiger partial charge in [0, 0.05) is 19.1 Å². The first-order chi connectivity index (χ1) is 13.8. The second-order valence-electron chi connectivity index (χ2n) is 9.40. The van der Waals surface area contributed by atoms with E-state index in [0.29, 0.717) is 31.1 Å². The lowest BCUT2D eigenvalue weighted by atomic mass is 9.49. The smallest absolute Gasteiger partial charge is 0.118 e. The van der Waals surface area contributed by atoms with E-state index in [4.69, 9.17) is 9.47 Å². The summed E-state index contributed by atoms with van der Waals surface area (Å²) in [5.41, 5.74) is 3.08. The molecule has 29 heavy (non-hydrogen) atoms. The van der Waals surface area contributed by atoms with Crippen LogP contribution in [0.15, 0.2) is 35.9 Å². The molecular formula is C24H38N2O3. The van der Waals surface area contributed by atoms with Crippen molar-refractivity contribution in [2.75, 3.05) is 47.5 Å². The number of rotatable bonds is 11. The Hall–Kier alpha value is -1.40. The van der Waals surface area contributed by atoms with Crippen molar-refractivity contribution in [2.24, 2.45) is 17.3 Å². The van der Waals surface area contributed by atoms with E-state index in [1.165, 1.54) is 24.0 Å². The molecule has 4 atom stereocenters. The van der Waals surface area contributed by atoms with Crippen molar-refractivity contribution in [2.45, 2.75) is 38.8 Å². The number of hydrogen-bond donors (Lipinski definition) is 2. The van der Waals surface area contributed by atoms with E-state index in [-0.39, 0.29) is 6.04 Å². The van der Waals surface area contributed by atoms with Crippen LogP contribution in [0, 0.1) is 17.3 Å². The van der Waals surface area contributed by atoms with Gasteiger partial charge in [-0.15, -0.1) is 0 Å². The first-order valence-corrected chi connectivity index (χ1v) is 10.8. The second kappa shape index (κ2) is 9.61. The zero-order valence-electron chi connectivity index (χ0n) is 18.6. The molecule has 5 nitrogen and oxygen atoms in total. The third-order valence-electron chi connectivity index (χ3n) is 7.00. The van der Waals surface area contributed by atoms with E-state index in [1.807, 2.05) is 12.1 Å². The van der Waals surface area contributed by atoms with Gasteiger partial charge in [-0.1, -0.05) is 32.1 Å². The van der Waals surface area contributed by atoms with Gasteiger partial charge in [0.2, 0.25) is 0 Å². The summed E-state index contributed by atoms with van der Waals surface area (Å²) in [4.78, 5) is 2.18. The van der Waals surface area contributed by atoms with Crippen LogP contribution in [-0.4, -0.2) is 63.6 Å². The number of aliphatic hydroxyl groups excluding tert-OH is 1. The number of methoxy groups -OCH3 is 1. The third kappa shape index (κ3) is 5.21. The molecule has 162 valence electrons. The summed E-state index contributed by atoms with van der Waals surface area (Å²) in [5.74, 6) is 2.38. The first kappa shape index (κ1) is 22.3. The maximum absolute atomic E-state index is 10.3. The molecule has 1 aromatic carbocycles. The fourth-order valence-corrected chi connectivity index (χ4v) is 4.82. The van der Waals surface area contributed by atoms with Gasteiger partial charge in [0.25, 0.3) is 0 Å². The first-order valence-electron chi connectivity index (χ1n) is 10.8. The molecule has 1 fully saturated rings. The molecule has 4 rings (SSSR count). The molecule has 0 aromatic heterocycles. The van der Waals surface area contributed by atoms with Gasteiger partial charge in [-0.25, -0.2) is 0 Å². The normalized spacial score (nSPS) is 24.6. The molecule has 0 amide bonds. The van der Waals surface area contributed by atoms with Gasteiger partial charge in [0.15, 0.2) is 0 Å². The summed E-state index contributed by atoms with van der Waals surface area (Å²) in [6.07, 6.45) is 4.36. The molecule has 0 spiro atoms. The highest BCUT2D eigenvalue weighted by Crippen LogP contribution is 2.59. The van der Waals surface area contributed by atoms with Gasteiger partial charge in [0.05, 0.1) is 26.4 Å². The minimum absolute atomic E-state index is 0.232. The number of fused-ring (bicyclic) bond motifs is 1. The molecular weight excluding hydrogens is 364 g/mol. The summed E-state index contributed by atoms with van der Waals surface area (Å²) in [6, 6.07) is 8.39. The Kier molecular flexibility index (Phi) is 7.38. The fraction of sp³-hybridized carbons (Fsp3) is 0.667. The van der Waals surface area contributed by atoms with E-state index in [2.05, 4.69) is 56.4 Å². The number of hydrogen-bond acceptors (Lipinski definition) is 5. The molecule has 0 heterocycles. The Balaban J connectivity index is 1.38. The minimum atomic E-state index is -0.500. The highest BCUT2D eigenvalue weighted by molar-refractivity contribution is 5.29. The van der Waals surface area contributed by atoms with Crippen LogP contribution < -0.4 is 10.1 Å². The lowest BCUT2D eigenvalue weighted by Gasteiger charge is -2.56. The predicted molar refractivity (Wildman–Crippen MR) is 117 cm³/mol. The average molecular weight is 403 g/mol. The zero-order valence-corrected chi connectivity index (χ0v) is 18.6. The van der Waals surface area contributed by atoms with Crippen LogP contribution in [-0.2, 0) is 4.74 Å². The summed E-state index contributed by atoms with van der Waals surface area (Å²) in [7, 11) is 5.82. The molecule has 0 saturated heterocycles. The zero-order chi connectivity index (χ0) is 21.0. The summed E-state index contributed by atoms with van der Waals surface area (Å²) >= 11 is 0. The topological polar surface area (TPSA) is 54.0 Å². The Morgan fingerprint density at radius 1 is 1.21 bits per heavy atom. The van der Waals surface area contributed by atoms with E-state index >= 15 is 0 Å². The predicted octanol–water partition coefficient (Wildman–Crippen LogP) is 3.26. The lowest BCUT2D eigenvalue weighted by molar-refractivity contribution is -0.0235. The molecule has 0 radical (unpaired) electrons. The van der Waals surface area contributed by atoms with Crippen molar-refractivity contribution in [3.8, 4) is 5.75 Å². The maximum Gasteiger partial charge on any atom is 0.118 e. The molecule has 3 aliphatic carbocycles.